The average Bonchev–Trinajstić information content (AvgIpc) is 2.83. The first-order valence-corrected chi connectivity index (χ1v) is 11.5. The molecule has 0 saturated heterocycles. The number of benzene rings is 3. The first kappa shape index (κ1) is 24.2. The van der Waals surface area contributed by atoms with Crippen LogP contribution in [-0.2, 0) is 14.8 Å². The van der Waals surface area contributed by atoms with Crippen LogP contribution in [-0.4, -0.2) is 42.2 Å². The molecule has 0 radical (unpaired) electrons. The predicted octanol–water partition coefficient (Wildman–Crippen LogP) is 4.20. The fourth-order valence-electron chi connectivity index (χ4n) is 3.09. The lowest BCUT2D eigenvalue weighted by Crippen LogP contribution is -2.38. The molecule has 174 valence electrons. The van der Waals surface area contributed by atoms with Gasteiger partial charge in [0.1, 0.15) is 23.8 Å². The van der Waals surface area contributed by atoms with Crippen LogP contribution >= 0.6 is 11.6 Å². The van der Waals surface area contributed by atoms with Crippen LogP contribution in [0.25, 0.3) is 0 Å². The van der Waals surface area contributed by atoms with Crippen LogP contribution in [0.15, 0.2) is 71.6 Å². The van der Waals surface area contributed by atoms with Crippen LogP contribution in [0.2, 0.25) is 5.02 Å². The molecule has 3 aromatic carbocycles. The maximum atomic E-state index is 13.5. The van der Waals surface area contributed by atoms with Crippen molar-refractivity contribution in [1.82, 2.24) is 0 Å². The molecule has 0 heterocycles. The second-order valence-electron chi connectivity index (χ2n) is 6.75. The molecule has 0 aliphatic heterocycles. The van der Waals surface area contributed by atoms with E-state index < -0.39 is 22.5 Å². The monoisotopic (exact) mass is 490 g/mol. The molecular formula is C23H23ClN2O6S. The van der Waals surface area contributed by atoms with Crippen LogP contribution < -0.4 is 23.8 Å². The summed E-state index contributed by atoms with van der Waals surface area (Å²) in [6.45, 7) is -0.513. The van der Waals surface area contributed by atoms with Gasteiger partial charge in [-0.3, -0.25) is 9.10 Å². The first-order valence-electron chi connectivity index (χ1n) is 9.73. The van der Waals surface area contributed by atoms with Gasteiger partial charge in [-0.15, -0.1) is 0 Å². The zero-order chi connectivity index (χ0) is 24.0. The summed E-state index contributed by atoms with van der Waals surface area (Å²) in [5.41, 5.74) is 0.582. The minimum Gasteiger partial charge on any atom is -0.497 e. The Hall–Kier alpha value is -3.43. The van der Waals surface area contributed by atoms with Crippen molar-refractivity contribution in [2.24, 2.45) is 0 Å². The molecule has 10 heteroatoms. The zero-order valence-electron chi connectivity index (χ0n) is 18.2. The minimum absolute atomic E-state index is 0.0207. The molecule has 0 aromatic heterocycles. The van der Waals surface area contributed by atoms with Gasteiger partial charge in [0.2, 0.25) is 5.91 Å². The molecule has 0 aliphatic carbocycles. The number of anilines is 2. The van der Waals surface area contributed by atoms with Crippen LogP contribution in [0.3, 0.4) is 0 Å². The molecule has 0 aliphatic rings. The Morgan fingerprint density at radius 1 is 0.909 bits per heavy atom. The van der Waals surface area contributed by atoms with Crippen LogP contribution in [0.5, 0.6) is 17.2 Å². The number of hydrogen-bond acceptors (Lipinski definition) is 6. The first-order chi connectivity index (χ1) is 15.8. The Balaban J connectivity index is 1.98. The summed E-state index contributed by atoms with van der Waals surface area (Å²) in [5.74, 6) is 0.629. The Morgan fingerprint density at radius 2 is 1.58 bits per heavy atom. The van der Waals surface area contributed by atoms with Crippen molar-refractivity contribution in [2.45, 2.75) is 4.90 Å². The summed E-state index contributed by atoms with van der Waals surface area (Å²) in [6.07, 6.45) is 0. The third-order valence-corrected chi connectivity index (χ3v) is 6.75. The number of carbonyl (C=O) groups excluding carboxylic acids is 1. The summed E-state index contributed by atoms with van der Waals surface area (Å²) in [5, 5.41) is 3.09. The summed E-state index contributed by atoms with van der Waals surface area (Å²) >= 11 is 5.92. The molecule has 1 N–H and O–H groups in total. The number of carbonyl (C=O) groups is 1. The normalized spacial score (nSPS) is 10.9. The van der Waals surface area contributed by atoms with Crippen LogP contribution in [0.4, 0.5) is 11.4 Å². The minimum atomic E-state index is -4.13. The van der Waals surface area contributed by atoms with E-state index in [4.69, 9.17) is 25.8 Å². The van der Waals surface area contributed by atoms with Crippen molar-refractivity contribution in [2.75, 3.05) is 37.5 Å². The summed E-state index contributed by atoms with van der Waals surface area (Å²) < 4.78 is 43.8. The van der Waals surface area contributed by atoms with E-state index in [0.29, 0.717) is 28.0 Å². The molecule has 1 amide bonds. The van der Waals surface area contributed by atoms with E-state index in [2.05, 4.69) is 5.32 Å². The SMILES string of the molecule is COc1ccc(NC(=O)CN(c2ccccc2OC)S(=O)(=O)c2ccc(Cl)cc2)c(OC)c1. The van der Waals surface area contributed by atoms with Gasteiger partial charge in [-0.2, -0.15) is 0 Å². The maximum absolute atomic E-state index is 13.5. The van der Waals surface area contributed by atoms with E-state index in [1.807, 2.05) is 0 Å². The topological polar surface area (TPSA) is 94.2 Å². The second kappa shape index (κ2) is 10.5. The van der Waals surface area contributed by atoms with Crippen molar-refractivity contribution < 1.29 is 27.4 Å². The number of amides is 1. The Labute approximate surface area is 197 Å². The number of halogens is 1. The lowest BCUT2D eigenvalue weighted by Gasteiger charge is -2.25. The molecule has 0 bridgehead atoms. The van der Waals surface area contributed by atoms with Gasteiger partial charge in [0.05, 0.1) is 37.6 Å². The number of rotatable bonds is 9. The van der Waals surface area contributed by atoms with E-state index >= 15 is 0 Å². The number of methoxy groups -OCH3 is 3. The van der Waals surface area contributed by atoms with Crippen molar-refractivity contribution in [3.05, 3.63) is 71.8 Å². The van der Waals surface area contributed by atoms with Gasteiger partial charge in [0.15, 0.2) is 0 Å². The third-order valence-electron chi connectivity index (χ3n) is 4.73. The third kappa shape index (κ3) is 5.50. The van der Waals surface area contributed by atoms with Crippen LogP contribution in [0, 0.1) is 0 Å². The molecule has 3 aromatic rings. The van der Waals surface area contributed by atoms with Gasteiger partial charge in [-0.05, 0) is 48.5 Å². The quantitative estimate of drug-likeness (QED) is 0.483. The standard InChI is InChI=1S/C23H23ClN2O6S/c1-30-17-10-13-19(22(14-17)32-3)25-23(27)15-26(20-6-4-5-7-21(20)31-2)33(28,29)18-11-8-16(24)9-12-18/h4-14H,15H2,1-3H3,(H,25,27). The molecule has 0 atom stereocenters. The van der Waals surface area contributed by atoms with E-state index in [1.165, 1.54) is 45.6 Å². The van der Waals surface area contributed by atoms with E-state index in [0.717, 1.165) is 4.31 Å². The van der Waals surface area contributed by atoms with Crippen LogP contribution in [0.1, 0.15) is 0 Å². The van der Waals surface area contributed by atoms with Gasteiger partial charge in [-0.1, -0.05) is 23.7 Å². The molecule has 0 spiro atoms. The fraction of sp³-hybridized carbons (Fsp3) is 0.174. The van der Waals surface area contributed by atoms with Crippen molar-refractivity contribution in [3.8, 4) is 17.2 Å². The molecule has 3 rings (SSSR count). The second-order valence-corrected chi connectivity index (χ2v) is 9.05. The highest BCUT2D eigenvalue weighted by atomic mass is 35.5. The van der Waals surface area contributed by atoms with Crippen molar-refractivity contribution in [1.29, 1.82) is 0 Å². The highest BCUT2D eigenvalue weighted by molar-refractivity contribution is 7.92. The maximum Gasteiger partial charge on any atom is 0.264 e. The number of para-hydroxylation sites is 2. The van der Waals surface area contributed by atoms with Gasteiger partial charge in [-0.25, -0.2) is 8.42 Å². The van der Waals surface area contributed by atoms with Gasteiger partial charge < -0.3 is 19.5 Å². The predicted molar refractivity (Wildman–Crippen MR) is 127 cm³/mol. The Morgan fingerprint density at radius 3 is 2.21 bits per heavy atom. The molecule has 33 heavy (non-hydrogen) atoms. The lowest BCUT2D eigenvalue weighted by molar-refractivity contribution is -0.114. The number of hydrogen-bond donors (Lipinski definition) is 1. The van der Waals surface area contributed by atoms with E-state index in [-0.39, 0.29) is 10.6 Å². The fourth-order valence-corrected chi connectivity index (χ4v) is 4.65. The zero-order valence-corrected chi connectivity index (χ0v) is 19.8. The van der Waals surface area contributed by atoms with Gasteiger partial charge in [0, 0.05) is 11.1 Å². The van der Waals surface area contributed by atoms with Crippen molar-refractivity contribution in [3.63, 3.8) is 0 Å². The molecule has 0 fully saturated rings. The Kier molecular flexibility index (Phi) is 7.67. The summed E-state index contributed by atoms with van der Waals surface area (Å²) in [6, 6.07) is 17.1. The smallest absolute Gasteiger partial charge is 0.264 e. The van der Waals surface area contributed by atoms with E-state index in [9.17, 15) is 13.2 Å². The molecular weight excluding hydrogens is 468 g/mol. The number of nitrogens with one attached hydrogen (secondary N) is 1. The lowest BCUT2D eigenvalue weighted by atomic mass is 10.2. The van der Waals surface area contributed by atoms with Crippen molar-refractivity contribution >= 4 is 38.9 Å². The van der Waals surface area contributed by atoms with Gasteiger partial charge in [0.25, 0.3) is 10.0 Å². The number of ether oxygens (including phenoxy) is 3. The van der Waals surface area contributed by atoms with E-state index in [1.54, 1.807) is 42.5 Å². The summed E-state index contributed by atoms with van der Waals surface area (Å²) in [4.78, 5) is 13.0. The highest BCUT2D eigenvalue weighted by Gasteiger charge is 2.29. The summed E-state index contributed by atoms with van der Waals surface area (Å²) in [7, 11) is 0.259. The largest absolute Gasteiger partial charge is 0.497 e. The molecule has 0 saturated carbocycles. The highest BCUT2D eigenvalue weighted by Crippen LogP contribution is 2.33. The van der Waals surface area contributed by atoms with Gasteiger partial charge >= 0.3 is 0 Å². The molecule has 8 nitrogen and oxygen atoms in total. The molecule has 0 unspecified atom stereocenters. The Bertz CT molecular complexity index is 1230. The number of nitrogens with zero attached hydrogens (tertiary/aromatic N) is 1. The average molecular weight is 491 g/mol. The number of sulfonamides is 1.